The Kier molecular flexibility index (Phi) is 26.8. The van der Waals surface area contributed by atoms with Gasteiger partial charge in [-0.1, -0.05) is 106 Å². The van der Waals surface area contributed by atoms with Crippen LogP contribution in [-0.2, 0) is 61.4 Å². The molecule has 314 valence electrons. The molecule has 1 aliphatic rings. The zero-order valence-corrected chi connectivity index (χ0v) is 38.1. The Morgan fingerprint density at radius 2 is 0.836 bits per heavy atom. The molecular formula is C50H82N2NiO2. The van der Waals surface area contributed by atoms with Crippen LogP contribution in [0.1, 0.15) is 216 Å². The third kappa shape index (κ3) is 16.7. The van der Waals surface area contributed by atoms with Crippen LogP contribution in [0.5, 0.6) is 0 Å². The van der Waals surface area contributed by atoms with Crippen molar-refractivity contribution in [2.75, 3.05) is 13.2 Å². The second-order valence-electron chi connectivity index (χ2n) is 15.5. The van der Waals surface area contributed by atoms with Gasteiger partial charge in [0.15, 0.2) is 0 Å². The number of benzene rings is 2. The maximum atomic E-state index is 12.3. The van der Waals surface area contributed by atoms with Crippen molar-refractivity contribution in [3.63, 3.8) is 0 Å². The fraction of sp³-hybridized carbons (Fsp3) is 0.680. The Hall–Kier alpha value is -2.07. The Balaban J connectivity index is 0.00000136. The van der Waals surface area contributed by atoms with Crippen molar-refractivity contribution in [2.45, 2.75) is 210 Å². The Morgan fingerprint density at radius 1 is 0.455 bits per heavy atom. The van der Waals surface area contributed by atoms with Gasteiger partial charge in [-0.3, -0.25) is 0 Å². The summed E-state index contributed by atoms with van der Waals surface area (Å²) >= 11 is 0.899. The number of hydrogen-bond donors (Lipinski definition) is 0. The van der Waals surface area contributed by atoms with Gasteiger partial charge in [0.25, 0.3) is 0 Å². The van der Waals surface area contributed by atoms with E-state index in [0.29, 0.717) is 13.2 Å². The second kappa shape index (κ2) is 30.1. The van der Waals surface area contributed by atoms with Crippen LogP contribution in [0.15, 0.2) is 35.9 Å². The molecule has 55 heavy (non-hydrogen) atoms. The maximum absolute atomic E-state index is 12.3. The minimum atomic E-state index is 0.708. The predicted molar refractivity (Wildman–Crippen MR) is 235 cm³/mol. The molecule has 0 fully saturated rings. The molecule has 2 aromatic carbocycles. The fourth-order valence-corrected chi connectivity index (χ4v) is 8.00. The van der Waals surface area contributed by atoms with Gasteiger partial charge < -0.3 is 5.53 Å². The summed E-state index contributed by atoms with van der Waals surface area (Å²) < 4.78 is 11.2. The van der Waals surface area contributed by atoms with Crippen LogP contribution in [0.4, 0.5) is 0 Å². The number of unbranched alkanes of at least 4 members (excludes halogenated alkanes) is 9. The number of allylic oxidation sites excluding steroid dienone is 2. The average Bonchev–Trinajstić information content (AvgIpc) is 3.53. The van der Waals surface area contributed by atoms with Gasteiger partial charge in [-0.25, -0.2) is 4.70 Å². The molecule has 0 saturated carbocycles. The van der Waals surface area contributed by atoms with E-state index in [0.717, 1.165) is 58.6 Å². The number of hydrogen-bond acceptors (Lipinski definition) is 2. The zero-order valence-electron chi connectivity index (χ0n) is 37.1. The standard InChI is InChI=1S/C46H72N2.2C2H5O.Ni/c1-8-15-22-23-28-40-35-45(41-31-36(24-16-9-2)43(29-20-13-6)37(32-41)25-17-10-3)48(47)46(40)42-33-38(26-18-11-4)44(30-21-14-7)39(34-42)27-19-12-5;2*1-2-3;/h31-35H,8-30H2,1-7H3;2*2H2,1H3;/q;2*-1;+2. The third-order valence-electron chi connectivity index (χ3n) is 10.8. The van der Waals surface area contributed by atoms with E-state index >= 15 is 0 Å². The molecule has 0 bridgehead atoms. The first-order valence-electron chi connectivity index (χ1n) is 23.0. The van der Waals surface area contributed by atoms with Crippen LogP contribution in [0.25, 0.3) is 16.9 Å². The topological polar surface area (TPSA) is 43.8 Å². The molecule has 0 unspecified atom stereocenters. The van der Waals surface area contributed by atoms with E-state index < -0.39 is 0 Å². The molecule has 5 heteroatoms. The normalized spacial score (nSPS) is 12.8. The SMILES string of the molecule is CCCCCCC1=C(c2cc(CCCC)c(CCCC)c(CCCC)c2)[N+](=[N-])C(c2cc(CCCC)c(CCCC)c(CCCC)c2)=C1.CC[O][Ni][O]CC. The van der Waals surface area contributed by atoms with Crippen molar-refractivity contribution in [2.24, 2.45) is 0 Å². The van der Waals surface area contributed by atoms with E-state index in [4.69, 9.17) is 7.76 Å². The van der Waals surface area contributed by atoms with Crippen LogP contribution in [0, 0.1) is 0 Å². The van der Waals surface area contributed by atoms with Gasteiger partial charge >= 0.3 is 49.9 Å². The van der Waals surface area contributed by atoms with Gasteiger partial charge in [-0.05, 0) is 148 Å². The van der Waals surface area contributed by atoms with Crippen molar-refractivity contribution in [3.8, 4) is 0 Å². The van der Waals surface area contributed by atoms with Gasteiger partial charge in [0.2, 0.25) is 11.4 Å². The van der Waals surface area contributed by atoms with Gasteiger partial charge in [-0.15, -0.1) is 0 Å². The number of rotatable bonds is 29. The Morgan fingerprint density at radius 3 is 1.22 bits per heavy atom. The molecule has 1 heterocycles. The van der Waals surface area contributed by atoms with Crippen LogP contribution < -0.4 is 0 Å². The van der Waals surface area contributed by atoms with E-state index in [1.54, 1.807) is 15.8 Å². The minimum absolute atomic E-state index is 0.708. The van der Waals surface area contributed by atoms with E-state index in [2.05, 4.69) is 78.8 Å². The van der Waals surface area contributed by atoms with Crippen LogP contribution >= 0.6 is 0 Å². The molecule has 3 rings (SSSR count). The number of nitrogens with zero attached hydrogens (tertiary/aromatic N) is 2. The molecule has 2 aromatic rings. The summed E-state index contributed by atoms with van der Waals surface area (Å²) in [7, 11) is 0. The summed E-state index contributed by atoms with van der Waals surface area (Å²) in [5, 5.41) is 0. The average molecular weight is 802 g/mol. The molecule has 0 atom stereocenters. The first-order chi connectivity index (χ1) is 26.9. The van der Waals surface area contributed by atoms with Gasteiger partial charge in [0.1, 0.15) is 0 Å². The van der Waals surface area contributed by atoms with E-state index in [1.807, 2.05) is 13.8 Å². The van der Waals surface area contributed by atoms with E-state index in [1.165, 1.54) is 155 Å². The first-order valence-corrected chi connectivity index (χ1v) is 23.8. The Labute approximate surface area is 346 Å². The first kappa shape index (κ1) is 49.1. The second-order valence-corrected chi connectivity index (χ2v) is 16.2. The van der Waals surface area contributed by atoms with Crippen LogP contribution in [0.3, 0.4) is 0 Å². The molecular weight excluding hydrogens is 719 g/mol. The van der Waals surface area contributed by atoms with Gasteiger partial charge in [0.05, 0.1) is 0 Å². The molecule has 0 spiro atoms. The summed E-state index contributed by atoms with van der Waals surface area (Å²) in [6, 6.07) is 9.86. The molecule has 0 aromatic heterocycles. The molecule has 4 nitrogen and oxygen atoms in total. The molecule has 0 saturated heterocycles. The molecule has 0 aliphatic carbocycles. The molecule has 0 radical (unpaired) electrons. The zero-order chi connectivity index (χ0) is 40.3. The third-order valence-corrected chi connectivity index (χ3v) is 11.6. The number of aryl methyl sites for hydroxylation is 4. The van der Waals surface area contributed by atoms with Crippen molar-refractivity contribution < 1.29 is 27.5 Å². The summed E-state index contributed by atoms with van der Waals surface area (Å²) in [5.41, 5.74) is 27.4. The van der Waals surface area contributed by atoms with Crippen molar-refractivity contribution in [1.82, 2.24) is 0 Å². The van der Waals surface area contributed by atoms with Crippen molar-refractivity contribution in [1.29, 1.82) is 0 Å². The van der Waals surface area contributed by atoms with Gasteiger partial charge in [0, 0.05) is 22.8 Å². The van der Waals surface area contributed by atoms with Crippen LogP contribution in [-0.4, -0.2) is 17.9 Å². The molecule has 1 aliphatic heterocycles. The van der Waals surface area contributed by atoms with Gasteiger partial charge in [-0.2, -0.15) is 0 Å². The van der Waals surface area contributed by atoms with Crippen molar-refractivity contribution in [3.05, 3.63) is 86.0 Å². The summed E-state index contributed by atoms with van der Waals surface area (Å²) in [5.74, 6) is 0. The van der Waals surface area contributed by atoms with E-state index in [9.17, 15) is 5.53 Å². The van der Waals surface area contributed by atoms with Crippen molar-refractivity contribution >= 4 is 11.4 Å². The Bertz CT molecular complexity index is 1380. The monoisotopic (exact) mass is 801 g/mol. The molecule has 0 amide bonds. The quantitative estimate of drug-likeness (QED) is 0.0467. The summed E-state index contributed by atoms with van der Waals surface area (Å²) in [6.45, 7) is 21.4. The predicted octanol–water partition coefficient (Wildman–Crippen LogP) is 15.5. The van der Waals surface area contributed by atoms with Crippen LogP contribution in [0.2, 0.25) is 0 Å². The summed E-state index contributed by atoms with van der Waals surface area (Å²) in [6.07, 6.45) is 29.8. The molecule has 0 N–H and O–H groups in total. The summed E-state index contributed by atoms with van der Waals surface area (Å²) in [4.78, 5) is 0. The van der Waals surface area contributed by atoms with E-state index in [-0.39, 0.29) is 0 Å². The fourth-order valence-electron chi connectivity index (χ4n) is 7.69.